The first-order valence-electron chi connectivity index (χ1n) is 4.74. The number of rotatable bonds is 5. The lowest BCUT2D eigenvalue weighted by molar-refractivity contribution is -0.147. The summed E-state index contributed by atoms with van der Waals surface area (Å²) >= 11 is 0. The summed E-state index contributed by atoms with van der Waals surface area (Å²) in [5.74, 6) is 3.10. The molecule has 94 valence electrons. The number of carbonyl (C=O) groups is 3. The Balaban J connectivity index is 4.23. The van der Waals surface area contributed by atoms with Gasteiger partial charge in [-0.25, -0.2) is 9.59 Å². The summed E-state index contributed by atoms with van der Waals surface area (Å²) in [5, 5.41) is 13.2. The third-order valence-corrected chi connectivity index (χ3v) is 1.72. The van der Waals surface area contributed by atoms with Crippen molar-refractivity contribution in [3.05, 3.63) is 0 Å². The zero-order valence-corrected chi connectivity index (χ0v) is 9.57. The predicted molar refractivity (Wildman–Crippen MR) is 58.0 cm³/mol. The lowest BCUT2D eigenvalue weighted by atomic mass is 10.2. The molecule has 0 saturated carbocycles. The summed E-state index contributed by atoms with van der Waals surface area (Å²) in [7, 11) is 1.14. The number of hydrogen-bond acceptors (Lipinski definition) is 4. The maximum Gasteiger partial charge on any atom is 0.326 e. The van der Waals surface area contributed by atoms with Gasteiger partial charge in [0.25, 0.3) is 0 Å². The van der Waals surface area contributed by atoms with Crippen LogP contribution in [0.1, 0.15) is 13.3 Å². The van der Waals surface area contributed by atoms with Gasteiger partial charge >= 0.3 is 18.0 Å². The third-order valence-electron chi connectivity index (χ3n) is 1.72. The van der Waals surface area contributed by atoms with E-state index in [-0.39, 0.29) is 6.54 Å². The van der Waals surface area contributed by atoms with Crippen molar-refractivity contribution in [2.24, 2.45) is 0 Å². The van der Waals surface area contributed by atoms with E-state index in [4.69, 9.17) is 5.11 Å². The molecule has 0 fully saturated rings. The molecule has 0 aromatic heterocycles. The average Bonchev–Trinajstić information content (AvgIpc) is 2.28. The molecule has 0 heterocycles. The van der Waals surface area contributed by atoms with Gasteiger partial charge in [-0.05, 0) is 6.92 Å². The number of nitrogens with one attached hydrogen (secondary N) is 2. The summed E-state index contributed by atoms with van der Waals surface area (Å²) in [6.45, 7) is 1.71. The molecule has 0 unspecified atom stereocenters. The van der Waals surface area contributed by atoms with E-state index in [2.05, 4.69) is 27.2 Å². The minimum Gasteiger partial charge on any atom is -0.480 e. The normalized spacial score (nSPS) is 10.5. The Labute approximate surface area is 98.5 Å². The highest BCUT2D eigenvalue weighted by Gasteiger charge is 2.23. The van der Waals surface area contributed by atoms with Crippen molar-refractivity contribution in [1.29, 1.82) is 0 Å². The van der Waals surface area contributed by atoms with Crippen LogP contribution in [-0.4, -0.2) is 42.8 Å². The quantitative estimate of drug-likeness (QED) is 0.438. The van der Waals surface area contributed by atoms with Crippen molar-refractivity contribution >= 4 is 18.0 Å². The minimum absolute atomic E-state index is 0.104. The Morgan fingerprint density at radius 1 is 1.41 bits per heavy atom. The lowest BCUT2D eigenvalue weighted by Gasteiger charge is -2.13. The van der Waals surface area contributed by atoms with E-state index in [1.54, 1.807) is 6.92 Å². The van der Waals surface area contributed by atoms with E-state index >= 15 is 0 Å². The molecule has 0 aliphatic carbocycles. The number of urea groups is 1. The number of esters is 1. The maximum absolute atomic E-state index is 11.2. The zero-order valence-electron chi connectivity index (χ0n) is 9.57. The highest BCUT2D eigenvalue weighted by Crippen LogP contribution is 1.94. The van der Waals surface area contributed by atoms with Gasteiger partial charge in [-0.15, -0.1) is 5.92 Å². The standard InChI is InChI=1S/C10H14N2O5/c1-3-4-5-11-10(16)12-7(9(14)15)6-8(13)17-2/h7H,5-6H2,1-2H3,(H,14,15)(H2,11,12,16)/t7-/m0/s1. The number of carboxylic acids is 1. The molecule has 0 bridgehead atoms. The van der Waals surface area contributed by atoms with Gasteiger partial charge < -0.3 is 20.5 Å². The van der Waals surface area contributed by atoms with Crippen LogP contribution in [0.3, 0.4) is 0 Å². The van der Waals surface area contributed by atoms with Crippen LogP contribution >= 0.6 is 0 Å². The predicted octanol–water partition coefficient (Wildman–Crippen LogP) is -0.675. The molecular weight excluding hydrogens is 228 g/mol. The van der Waals surface area contributed by atoms with Crippen molar-refractivity contribution in [3.8, 4) is 11.8 Å². The highest BCUT2D eigenvalue weighted by atomic mass is 16.5. The summed E-state index contributed by atoms with van der Waals surface area (Å²) in [5.41, 5.74) is 0. The van der Waals surface area contributed by atoms with Crippen LogP contribution in [0.25, 0.3) is 0 Å². The first kappa shape index (κ1) is 14.8. The molecule has 0 aromatic rings. The number of methoxy groups -OCH3 is 1. The van der Waals surface area contributed by atoms with Crippen LogP contribution in [0.4, 0.5) is 4.79 Å². The van der Waals surface area contributed by atoms with Gasteiger partial charge in [0, 0.05) is 0 Å². The summed E-state index contributed by atoms with van der Waals surface area (Å²) < 4.78 is 4.31. The first-order valence-corrected chi connectivity index (χ1v) is 4.74. The molecule has 0 radical (unpaired) electrons. The van der Waals surface area contributed by atoms with Crippen molar-refractivity contribution < 1.29 is 24.2 Å². The summed E-state index contributed by atoms with van der Waals surface area (Å²) in [6, 6.07) is -2.03. The van der Waals surface area contributed by atoms with E-state index in [0.29, 0.717) is 0 Å². The molecule has 2 amide bonds. The molecule has 0 rings (SSSR count). The fourth-order valence-electron chi connectivity index (χ4n) is 0.872. The molecule has 7 heteroatoms. The monoisotopic (exact) mass is 242 g/mol. The van der Waals surface area contributed by atoms with Crippen LogP contribution in [0.5, 0.6) is 0 Å². The Hall–Kier alpha value is -2.23. The van der Waals surface area contributed by atoms with Gasteiger partial charge in [-0.3, -0.25) is 4.79 Å². The largest absolute Gasteiger partial charge is 0.480 e. The van der Waals surface area contributed by atoms with Gasteiger partial charge in [0.2, 0.25) is 0 Å². The number of carboxylic acid groups (broad SMARTS) is 1. The second-order valence-corrected chi connectivity index (χ2v) is 2.92. The number of aliphatic carboxylic acids is 1. The molecule has 0 aromatic carbocycles. The van der Waals surface area contributed by atoms with E-state index in [0.717, 1.165) is 7.11 Å². The number of ether oxygens (including phenoxy) is 1. The molecule has 1 atom stereocenters. The molecule has 7 nitrogen and oxygen atoms in total. The van der Waals surface area contributed by atoms with Gasteiger partial charge in [0.05, 0.1) is 20.1 Å². The lowest BCUT2D eigenvalue weighted by Crippen LogP contribution is -2.47. The molecule has 0 saturated heterocycles. The van der Waals surface area contributed by atoms with E-state index < -0.39 is 30.4 Å². The second-order valence-electron chi connectivity index (χ2n) is 2.92. The highest BCUT2D eigenvalue weighted by molar-refractivity contribution is 5.86. The molecule has 17 heavy (non-hydrogen) atoms. The van der Waals surface area contributed by atoms with E-state index in [1.165, 1.54) is 0 Å². The van der Waals surface area contributed by atoms with Crippen LogP contribution in [0.2, 0.25) is 0 Å². The fraction of sp³-hybridized carbons (Fsp3) is 0.500. The van der Waals surface area contributed by atoms with Crippen molar-refractivity contribution in [2.45, 2.75) is 19.4 Å². The van der Waals surface area contributed by atoms with Crippen LogP contribution < -0.4 is 10.6 Å². The van der Waals surface area contributed by atoms with E-state index in [1.807, 2.05) is 0 Å². The summed E-state index contributed by atoms with van der Waals surface area (Å²) in [6.07, 6.45) is -0.432. The van der Waals surface area contributed by atoms with Gasteiger partial charge in [-0.1, -0.05) is 5.92 Å². The van der Waals surface area contributed by atoms with Crippen LogP contribution in [0, 0.1) is 11.8 Å². The second kappa shape index (κ2) is 7.98. The Kier molecular flexibility index (Phi) is 6.94. The van der Waals surface area contributed by atoms with Gasteiger partial charge in [-0.2, -0.15) is 0 Å². The molecule has 0 spiro atoms. The van der Waals surface area contributed by atoms with Gasteiger partial charge in [0.15, 0.2) is 0 Å². The Morgan fingerprint density at radius 3 is 2.53 bits per heavy atom. The smallest absolute Gasteiger partial charge is 0.326 e. The molecule has 0 aliphatic rings. The molecular formula is C10H14N2O5. The first-order chi connectivity index (χ1) is 8.01. The van der Waals surface area contributed by atoms with Crippen molar-refractivity contribution in [2.75, 3.05) is 13.7 Å². The minimum atomic E-state index is -1.32. The fourth-order valence-corrected chi connectivity index (χ4v) is 0.872. The molecule has 0 aliphatic heterocycles. The SMILES string of the molecule is CC#CCNC(=O)N[C@@H](CC(=O)OC)C(=O)O. The number of amides is 2. The molecule has 3 N–H and O–H groups in total. The van der Waals surface area contributed by atoms with Crippen molar-refractivity contribution in [3.63, 3.8) is 0 Å². The Morgan fingerprint density at radius 2 is 2.06 bits per heavy atom. The van der Waals surface area contributed by atoms with Crippen LogP contribution in [0.15, 0.2) is 0 Å². The number of carbonyl (C=O) groups excluding carboxylic acids is 2. The average molecular weight is 242 g/mol. The zero-order chi connectivity index (χ0) is 13.3. The maximum atomic E-state index is 11.2. The third kappa shape index (κ3) is 6.78. The van der Waals surface area contributed by atoms with Gasteiger partial charge in [0.1, 0.15) is 6.04 Å². The topological polar surface area (TPSA) is 105 Å². The van der Waals surface area contributed by atoms with Crippen molar-refractivity contribution in [1.82, 2.24) is 10.6 Å². The Bertz CT molecular complexity index is 355. The van der Waals surface area contributed by atoms with Crippen LogP contribution in [-0.2, 0) is 14.3 Å². The van der Waals surface area contributed by atoms with E-state index in [9.17, 15) is 14.4 Å². The summed E-state index contributed by atoms with van der Waals surface area (Å²) in [4.78, 5) is 32.8. The number of hydrogen-bond donors (Lipinski definition) is 3.